The average Bonchev–Trinajstić information content (AvgIpc) is 3.13. The number of hydrogen-bond donors (Lipinski definition) is 0. The first-order valence-electron chi connectivity index (χ1n) is 7.91. The number of nitrogens with zero attached hydrogens (tertiary/aromatic N) is 4. The van der Waals surface area contributed by atoms with Gasteiger partial charge in [0.05, 0.1) is 11.4 Å². The average molecular weight is 342 g/mol. The number of aryl methyl sites for hydroxylation is 2. The summed E-state index contributed by atoms with van der Waals surface area (Å²) in [7, 11) is 0. The molecule has 3 rings (SSSR count). The van der Waals surface area contributed by atoms with Crippen LogP contribution in [0, 0.1) is 13.8 Å². The molecule has 0 spiro atoms. The zero-order valence-electron chi connectivity index (χ0n) is 14.7. The molecule has 6 heteroatoms. The minimum atomic E-state index is -0.107. The minimum absolute atomic E-state index is 0.107. The van der Waals surface area contributed by atoms with E-state index in [-0.39, 0.29) is 5.41 Å². The standard InChI is InChI=1S/C18H22N4OS/c1-12-6-7-14(13(2)10-12)22-9-8-19-17(22)24-11-15-20-16(21-23-15)18(3,4)5/h6-10H,11H2,1-5H3. The lowest BCUT2D eigenvalue weighted by atomic mass is 9.96. The topological polar surface area (TPSA) is 56.7 Å². The maximum absolute atomic E-state index is 5.36. The molecule has 0 saturated heterocycles. The van der Waals surface area contributed by atoms with Crippen molar-refractivity contribution < 1.29 is 4.52 Å². The Bertz CT molecular complexity index is 845. The lowest BCUT2D eigenvalue weighted by molar-refractivity contribution is 0.372. The lowest BCUT2D eigenvalue weighted by Gasteiger charge is -2.11. The van der Waals surface area contributed by atoms with Crippen LogP contribution in [0.5, 0.6) is 0 Å². The predicted octanol–water partition coefficient (Wildman–Crippen LogP) is 4.46. The first-order valence-corrected chi connectivity index (χ1v) is 8.90. The molecule has 5 nitrogen and oxygen atoms in total. The largest absolute Gasteiger partial charge is 0.338 e. The van der Waals surface area contributed by atoms with E-state index in [1.165, 1.54) is 11.1 Å². The highest BCUT2D eigenvalue weighted by atomic mass is 32.2. The van der Waals surface area contributed by atoms with Gasteiger partial charge in [-0.2, -0.15) is 4.98 Å². The molecule has 0 radical (unpaired) electrons. The Balaban J connectivity index is 1.78. The number of rotatable bonds is 4. The van der Waals surface area contributed by atoms with Crippen LogP contribution in [0.3, 0.4) is 0 Å². The fourth-order valence-electron chi connectivity index (χ4n) is 2.40. The highest BCUT2D eigenvalue weighted by Crippen LogP contribution is 2.26. The van der Waals surface area contributed by atoms with Gasteiger partial charge >= 0.3 is 0 Å². The van der Waals surface area contributed by atoms with E-state index in [4.69, 9.17) is 4.52 Å². The monoisotopic (exact) mass is 342 g/mol. The molecule has 0 fully saturated rings. The number of hydrogen-bond acceptors (Lipinski definition) is 5. The number of thioether (sulfide) groups is 1. The molecule has 0 aliphatic rings. The molecule has 0 saturated carbocycles. The van der Waals surface area contributed by atoms with Crippen LogP contribution in [0.4, 0.5) is 0 Å². The molecule has 1 aromatic carbocycles. The zero-order valence-corrected chi connectivity index (χ0v) is 15.5. The van der Waals surface area contributed by atoms with E-state index in [9.17, 15) is 0 Å². The van der Waals surface area contributed by atoms with Crippen LogP contribution in [0.15, 0.2) is 40.3 Å². The van der Waals surface area contributed by atoms with Crippen molar-refractivity contribution in [2.45, 2.75) is 50.9 Å². The zero-order chi connectivity index (χ0) is 17.3. The van der Waals surface area contributed by atoms with Gasteiger partial charge in [-0.25, -0.2) is 4.98 Å². The number of benzene rings is 1. The van der Waals surface area contributed by atoms with Crippen molar-refractivity contribution in [3.8, 4) is 5.69 Å². The number of aromatic nitrogens is 4. The Labute approximate surface area is 146 Å². The summed E-state index contributed by atoms with van der Waals surface area (Å²) >= 11 is 1.59. The van der Waals surface area contributed by atoms with Crippen molar-refractivity contribution in [2.75, 3.05) is 0 Å². The summed E-state index contributed by atoms with van der Waals surface area (Å²) in [6, 6.07) is 6.42. The van der Waals surface area contributed by atoms with Gasteiger partial charge in [-0.15, -0.1) is 0 Å². The summed E-state index contributed by atoms with van der Waals surface area (Å²) in [5.74, 6) is 1.96. The molecule has 0 aliphatic heterocycles. The Morgan fingerprint density at radius 2 is 2.00 bits per heavy atom. The highest BCUT2D eigenvalue weighted by molar-refractivity contribution is 7.98. The molecule has 2 heterocycles. The highest BCUT2D eigenvalue weighted by Gasteiger charge is 2.21. The first kappa shape index (κ1) is 16.8. The summed E-state index contributed by atoms with van der Waals surface area (Å²) in [5.41, 5.74) is 3.51. The second-order valence-electron chi connectivity index (χ2n) is 6.92. The van der Waals surface area contributed by atoms with E-state index in [1.807, 2.05) is 12.4 Å². The van der Waals surface area contributed by atoms with E-state index < -0.39 is 0 Å². The Kier molecular flexibility index (Phi) is 4.49. The summed E-state index contributed by atoms with van der Waals surface area (Å²) < 4.78 is 7.45. The predicted molar refractivity (Wildman–Crippen MR) is 95.6 cm³/mol. The van der Waals surface area contributed by atoms with E-state index in [1.54, 1.807) is 11.8 Å². The van der Waals surface area contributed by atoms with Gasteiger partial charge < -0.3 is 4.52 Å². The second kappa shape index (κ2) is 6.43. The smallest absolute Gasteiger partial charge is 0.237 e. The molecule has 0 unspecified atom stereocenters. The van der Waals surface area contributed by atoms with Crippen molar-refractivity contribution in [3.63, 3.8) is 0 Å². The van der Waals surface area contributed by atoms with Gasteiger partial charge in [0.1, 0.15) is 0 Å². The molecule has 24 heavy (non-hydrogen) atoms. The molecule has 0 amide bonds. The Morgan fingerprint density at radius 3 is 2.67 bits per heavy atom. The molecule has 2 aromatic heterocycles. The van der Waals surface area contributed by atoms with E-state index >= 15 is 0 Å². The molecular weight excluding hydrogens is 320 g/mol. The SMILES string of the molecule is Cc1ccc(-n2ccnc2SCc2nc(C(C)(C)C)no2)c(C)c1. The third kappa shape index (κ3) is 3.53. The van der Waals surface area contributed by atoms with Crippen molar-refractivity contribution in [2.24, 2.45) is 0 Å². The van der Waals surface area contributed by atoms with Crippen LogP contribution >= 0.6 is 11.8 Å². The number of imidazole rings is 1. The summed E-state index contributed by atoms with van der Waals surface area (Å²) in [6.45, 7) is 10.4. The van der Waals surface area contributed by atoms with E-state index in [0.717, 1.165) is 16.7 Å². The van der Waals surface area contributed by atoms with Crippen LogP contribution in [0.25, 0.3) is 5.69 Å². The van der Waals surface area contributed by atoms with Gasteiger partial charge in [-0.1, -0.05) is 55.4 Å². The molecule has 0 aliphatic carbocycles. The lowest BCUT2D eigenvalue weighted by Crippen LogP contribution is -2.13. The minimum Gasteiger partial charge on any atom is -0.338 e. The van der Waals surface area contributed by atoms with Crippen LogP contribution in [-0.2, 0) is 11.2 Å². The molecule has 0 atom stereocenters. The maximum Gasteiger partial charge on any atom is 0.237 e. The normalized spacial score (nSPS) is 11.9. The maximum atomic E-state index is 5.36. The van der Waals surface area contributed by atoms with Crippen molar-refractivity contribution in [1.82, 2.24) is 19.7 Å². The van der Waals surface area contributed by atoms with Gasteiger partial charge in [0, 0.05) is 17.8 Å². The van der Waals surface area contributed by atoms with Crippen LogP contribution < -0.4 is 0 Å². The van der Waals surface area contributed by atoms with Crippen molar-refractivity contribution in [1.29, 1.82) is 0 Å². The fourth-order valence-corrected chi connectivity index (χ4v) is 3.20. The molecule has 126 valence electrons. The van der Waals surface area contributed by atoms with Crippen LogP contribution in [0.2, 0.25) is 0 Å². The van der Waals surface area contributed by atoms with Gasteiger partial charge in [0.25, 0.3) is 0 Å². The first-order chi connectivity index (χ1) is 11.3. The van der Waals surface area contributed by atoms with Crippen LogP contribution in [0.1, 0.15) is 43.6 Å². The second-order valence-corrected chi connectivity index (χ2v) is 7.86. The van der Waals surface area contributed by atoms with Crippen molar-refractivity contribution >= 4 is 11.8 Å². The summed E-state index contributed by atoms with van der Waals surface area (Å²) in [4.78, 5) is 8.94. The van der Waals surface area contributed by atoms with E-state index in [0.29, 0.717) is 11.6 Å². The molecule has 0 bridgehead atoms. The third-order valence-electron chi connectivity index (χ3n) is 3.68. The van der Waals surface area contributed by atoms with Gasteiger partial charge in [0.15, 0.2) is 11.0 Å². The van der Waals surface area contributed by atoms with Crippen LogP contribution in [-0.4, -0.2) is 19.7 Å². The molecule has 3 aromatic rings. The summed E-state index contributed by atoms with van der Waals surface area (Å²) in [6.07, 6.45) is 3.80. The third-order valence-corrected chi connectivity index (χ3v) is 4.63. The Hall–Kier alpha value is -2.08. The van der Waals surface area contributed by atoms with E-state index in [2.05, 4.69) is 72.5 Å². The van der Waals surface area contributed by atoms with Gasteiger partial charge in [0.2, 0.25) is 5.89 Å². The molecular formula is C18H22N4OS. The summed E-state index contributed by atoms with van der Waals surface area (Å²) in [5, 5.41) is 4.98. The van der Waals surface area contributed by atoms with Gasteiger partial charge in [-0.3, -0.25) is 4.57 Å². The van der Waals surface area contributed by atoms with Gasteiger partial charge in [-0.05, 0) is 25.5 Å². The molecule has 0 N–H and O–H groups in total. The quantitative estimate of drug-likeness (QED) is 0.655. The Morgan fingerprint density at radius 1 is 1.21 bits per heavy atom. The van der Waals surface area contributed by atoms with Crippen molar-refractivity contribution in [3.05, 3.63) is 53.4 Å². The fraction of sp³-hybridized carbons (Fsp3) is 0.389.